The standard InChI is InChI=1S/C32H59N6O4P/c1-7-10-13-15-17-20-27(19-16-14-11-8-2)37-21-28(23-41-43(40,36(5)6)26(4)18-12-9-3)42-29(22-37)38-25-35-30-31(38)33-24-34-32(30)39/h24-29H,7-23H2,1-6H3,(H,33,34,39)/t26?,27?,28-,29+,43?/m0/s1. The molecule has 3 rings (SSSR count). The molecule has 5 atom stereocenters. The number of fused-ring (bicyclic) bond motifs is 1. The summed E-state index contributed by atoms with van der Waals surface area (Å²) in [6.07, 6.45) is 19.0. The Morgan fingerprint density at radius 3 is 2.28 bits per heavy atom. The first-order valence-corrected chi connectivity index (χ1v) is 18.6. The maximum atomic E-state index is 14.1. The molecule has 0 aliphatic carbocycles. The molecule has 0 aromatic carbocycles. The van der Waals surface area contributed by atoms with Crippen LogP contribution in [0.3, 0.4) is 0 Å². The first-order chi connectivity index (χ1) is 20.7. The van der Waals surface area contributed by atoms with E-state index in [1.165, 1.54) is 64.1 Å². The number of hydrogen-bond acceptors (Lipinski definition) is 7. The highest BCUT2D eigenvalue weighted by molar-refractivity contribution is 7.57. The SMILES string of the molecule is CCCCCCCC(CCCCCC)N1C[C@@H](COP(=O)(C(C)CCCC)N(C)C)O[C@@H](n2cnc3c(=O)[nH]cnc32)C1. The van der Waals surface area contributed by atoms with Gasteiger partial charge in [-0.25, -0.2) is 14.6 Å². The Bertz CT molecular complexity index is 1170. The number of morpholine rings is 1. The van der Waals surface area contributed by atoms with Crippen molar-refractivity contribution in [2.75, 3.05) is 33.8 Å². The Morgan fingerprint density at radius 2 is 1.63 bits per heavy atom. The minimum atomic E-state index is -3.04. The molecule has 2 aromatic heterocycles. The van der Waals surface area contributed by atoms with Crippen molar-refractivity contribution in [2.45, 2.75) is 142 Å². The highest BCUT2D eigenvalue weighted by atomic mass is 31.2. The van der Waals surface area contributed by atoms with Gasteiger partial charge in [0.2, 0.25) is 0 Å². The van der Waals surface area contributed by atoms with Gasteiger partial charge < -0.3 is 14.2 Å². The molecule has 3 heterocycles. The maximum Gasteiger partial charge on any atom is 0.278 e. The third-order valence-electron chi connectivity index (χ3n) is 8.94. The molecule has 10 nitrogen and oxygen atoms in total. The predicted octanol–water partition coefficient (Wildman–Crippen LogP) is 7.37. The molecule has 246 valence electrons. The van der Waals surface area contributed by atoms with Gasteiger partial charge in [0, 0.05) is 24.8 Å². The monoisotopic (exact) mass is 622 g/mol. The Hall–Kier alpha value is -1.58. The summed E-state index contributed by atoms with van der Waals surface area (Å²) in [6, 6.07) is 0.433. The summed E-state index contributed by atoms with van der Waals surface area (Å²) in [5.41, 5.74) is 0.512. The second-order valence-corrected chi connectivity index (χ2v) is 15.7. The number of hydrogen-bond donors (Lipinski definition) is 1. The van der Waals surface area contributed by atoms with Crippen molar-refractivity contribution in [1.29, 1.82) is 0 Å². The molecule has 0 spiro atoms. The molecule has 0 radical (unpaired) electrons. The molecule has 43 heavy (non-hydrogen) atoms. The molecule has 1 saturated heterocycles. The zero-order valence-electron chi connectivity index (χ0n) is 27.8. The van der Waals surface area contributed by atoms with E-state index in [0.29, 0.717) is 23.8 Å². The lowest BCUT2D eigenvalue weighted by molar-refractivity contribution is -0.140. The second-order valence-electron chi connectivity index (χ2n) is 12.6. The number of ether oxygens (including phenoxy) is 1. The van der Waals surface area contributed by atoms with Gasteiger partial charge in [-0.3, -0.25) is 18.8 Å². The van der Waals surface area contributed by atoms with Crippen molar-refractivity contribution >= 4 is 18.7 Å². The lowest BCUT2D eigenvalue weighted by Gasteiger charge is -2.43. The second kappa shape index (κ2) is 18.4. The van der Waals surface area contributed by atoms with Crippen LogP contribution in [0, 0.1) is 0 Å². The van der Waals surface area contributed by atoms with Gasteiger partial charge in [-0.15, -0.1) is 0 Å². The molecule has 0 saturated carbocycles. The third-order valence-corrected chi connectivity index (χ3v) is 11.9. The largest absolute Gasteiger partial charge is 0.350 e. The number of nitrogens with one attached hydrogen (secondary N) is 1. The van der Waals surface area contributed by atoms with E-state index in [1.54, 1.807) is 11.0 Å². The fourth-order valence-corrected chi connectivity index (χ4v) is 8.41. The van der Waals surface area contributed by atoms with Crippen molar-refractivity contribution in [3.8, 4) is 0 Å². The predicted molar refractivity (Wildman–Crippen MR) is 176 cm³/mol. The van der Waals surface area contributed by atoms with Crippen LogP contribution in [0.2, 0.25) is 0 Å². The Labute approximate surface area is 259 Å². The Morgan fingerprint density at radius 1 is 0.977 bits per heavy atom. The molecule has 1 aliphatic heterocycles. The lowest BCUT2D eigenvalue weighted by atomic mass is 9.98. The molecule has 1 aliphatic rings. The molecule has 3 unspecified atom stereocenters. The minimum absolute atomic E-state index is 0.0547. The number of unbranched alkanes of at least 4 members (excludes halogenated alkanes) is 8. The van der Waals surface area contributed by atoms with Crippen LogP contribution in [0.25, 0.3) is 11.2 Å². The lowest BCUT2D eigenvalue weighted by Crippen LogP contribution is -2.51. The normalized spacial score (nSPS) is 20.9. The summed E-state index contributed by atoms with van der Waals surface area (Å²) >= 11 is 0. The summed E-state index contributed by atoms with van der Waals surface area (Å²) in [4.78, 5) is 26.4. The molecular weight excluding hydrogens is 563 g/mol. The van der Waals surface area contributed by atoms with E-state index in [-0.39, 0.29) is 30.2 Å². The van der Waals surface area contributed by atoms with E-state index in [4.69, 9.17) is 9.26 Å². The van der Waals surface area contributed by atoms with E-state index >= 15 is 0 Å². The molecule has 11 heteroatoms. The fourth-order valence-electron chi connectivity index (χ4n) is 6.25. The van der Waals surface area contributed by atoms with Gasteiger partial charge in [-0.1, -0.05) is 98.3 Å². The topological polar surface area (TPSA) is 106 Å². The van der Waals surface area contributed by atoms with Gasteiger partial charge in [0.25, 0.3) is 13.1 Å². The number of rotatable bonds is 21. The quantitative estimate of drug-likeness (QED) is 0.114. The number of H-pyrrole nitrogens is 1. The Balaban J connectivity index is 1.85. The maximum absolute atomic E-state index is 14.1. The van der Waals surface area contributed by atoms with Crippen LogP contribution in [0.1, 0.15) is 124 Å². The molecule has 0 amide bonds. The van der Waals surface area contributed by atoms with Crippen LogP contribution in [-0.2, 0) is 13.8 Å². The summed E-state index contributed by atoms with van der Waals surface area (Å²) in [5.74, 6) is 0. The third kappa shape index (κ3) is 10.2. The first-order valence-electron chi connectivity index (χ1n) is 17.0. The smallest absolute Gasteiger partial charge is 0.278 e. The molecule has 0 bridgehead atoms. The average molecular weight is 623 g/mol. The van der Waals surface area contributed by atoms with Crippen molar-refractivity contribution in [3.63, 3.8) is 0 Å². The number of nitrogens with zero attached hydrogens (tertiary/aromatic N) is 5. The fraction of sp³-hybridized carbons (Fsp3) is 0.844. The molecule has 1 fully saturated rings. The summed E-state index contributed by atoms with van der Waals surface area (Å²) in [6.45, 7) is 10.4. The number of aromatic nitrogens is 4. The van der Waals surface area contributed by atoms with Gasteiger partial charge in [0.1, 0.15) is 6.23 Å². The first kappa shape index (κ1) is 35.9. The van der Waals surface area contributed by atoms with Crippen LogP contribution in [0.4, 0.5) is 0 Å². The van der Waals surface area contributed by atoms with Crippen LogP contribution >= 0.6 is 7.52 Å². The summed E-state index contributed by atoms with van der Waals surface area (Å²) in [5, 5.41) is 0. The zero-order valence-corrected chi connectivity index (χ0v) is 28.7. The van der Waals surface area contributed by atoms with Crippen LogP contribution < -0.4 is 5.56 Å². The van der Waals surface area contributed by atoms with E-state index in [9.17, 15) is 9.36 Å². The van der Waals surface area contributed by atoms with Crippen LogP contribution in [-0.4, -0.2) is 80.7 Å². The van der Waals surface area contributed by atoms with Crippen molar-refractivity contribution in [3.05, 3.63) is 23.0 Å². The highest BCUT2D eigenvalue weighted by Gasteiger charge is 2.38. The Kier molecular flexibility index (Phi) is 15.4. The van der Waals surface area contributed by atoms with E-state index in [1.807, 2.05) is 25.6 Å². The van der Waals surface area contributed by atoms with Crippen LogP contribution in [0.15, 0.2) is 17.4 Å². The summed E-state index contributed by atoms with van der Waals surface area (Å²) < 4.78 is 30.8. The number of imidazole rings is 1. The van der Waals surface area contributed by atoms with E-state index in [2.05, 4.69) is 40.6 Å². The van der Waals surface area contributed by atoms with Gasteiger partial charge in [-0.2, -0.15) is 0 Å². The molecule has 2 aromatic rings. The van der Waals surface area contributed by atoms with Crippen LogP contribution in [0.5, 0.6) is 0 Å². The highest BCUT2D eigenvalue weighted by Crippen LogP contribution is 2.55. The van der Waals surface area contributed by atoms with E-state index < -0.39 is 7.52 Å². The molecular formula is C32H59N6O4P. The van der Waals surface area contributed by atoms with Crippen molar-refractivity contribution in [1.82, 2.24) is 29.1 Å². The van der Waals surface area contributed by atoms with Gasteiger partial charge in [0.05, 0.1) is 25.4 Å². The van der Waals surface area contributed by atoms with Gasteiger partial charge >= 0.3 is 0 Å². The average Bonchev–Trinajstić information content (AvgIpc) is 3.45. The summed E-state index contributed by atoms with van der Waals surface area (Å²) in [7, 11) is 0.662. The number of aromatic amines is 1. The minimum Gasteiger partial charge on any atom is -0.350 e. The van der Waals surface area contributed by atoms with Gasteiger partial charge in [0.15, 0.2) is 11.2 Å². The van der Waals surface area contributed by atoms with Crippen molar-refractivity contribution in [2.24, 2.45) is 0 Å². The van der Waals surface area contributed by atoms with Gasteiger partial charge in [-0.05, 0) is 33.4 Å². The van der Waals surface area contributed by atoms with E-state index in [0.717, 1.165) is 38.6 Å². The zero-order chi connectivity index (χ0) is 31.2. The molecule has 1 N–H and O–H groups in total. The van der Waals surface area contributed by atoms with Crippen molar-refractivity contribution < 1.29 is 13.8 Å².